The van der Waals surface area contributed by atoms with Crippen LogP contribution in [0.4, 0.5) is 0 Å². The van der Waals surface area contributed by atoms with E-state index in [4.69, 9.17) is 21.1 Å². The maximum absolute atomic E-state index is 5.99. The van der Waals surface area contributed by atoms with Gasteiger partial charge in [0.2, 0.25) is 0 Å². The molecule has 0 N–H and O–H groups in total. The topological polar surface area (TPSA) is 18.5 Å². The third-order valence-corrected chi connectivity index (χ3v) is 3.07. The molecule has 0 aromatic heterocycles. The molecule has 3 heteroatoms. The number of aryl methyl sites for hydroxylation is 1. The Bertz CT molecular complexity index is 453. The molecule has 1 aliphatic rings. The predicted octanol–water partition coefficient (Wildman–Crippen LogP) is 3.14. The summed E-state index contributed by atoms with van der Waals surface area (Å²) in [6.45, 7) is 3.63. The second-order valence-electron chi connectivity index (χ2n) is 4.35. The first-order chi connectivity index (χ1) is 8.79. The highest BCUT2D eigenvalue weighted by atomic mass is 35.5. The predicted molar refractivity (Wildman–Crippen MR) is 73.2 cm³/mol. The third kappa shape index (κ3) is 3.66. The van der Waals surface area contributed by atoms with Crippen molar-refractivity contribution in [1.29, 1.82) is 0 Å². The van der Waals surface area contributed by atoms with Gasteiger partial charge in [-0.15, -0.1) is 11.6 Å². The SMILES string of the molecule is Cc1cc(C#CCCl)ccc1OC1CCOCC1. The molecule has 1 aromatic carbocycles. The number of benzene rings is 1. The normalized spacial score (nSPS) is 15.9. The van der Waals surface area contributed by atoms with Gasteiger partial charge in [-0.25, -0.2) is 0 Å². The van der Waals surface area contributed by atoms with Crippen LogP contribution in [0.25, 0.3) is 0 Å². The van der Waals surface area contributed by atoms with Crippen LogP contribution >= 0.6 is 11.6 Å². The molecule has 0 bridgehead atoms. The minimum absolute atomic E-state index is 0.275. The van der Waals surface area contributed by atoms with Crippen molar-refractivity contribution in [3.63, 3.8) is 0 Å². The quantitative estimate of drug-likeness (QED) is 0.604. The van der Waals surface area contributed by atoms with E-state index in [0.29, 0.717) is 5.88 Å². The minimum atomic E-state index is 0.275. The van der Waals surface area contributed by atoms with Crippen molar-refractivity contribution in [1.82, 2.24) is 0 Å². The van der Waals surface area contributed by atoms with E-state index < -0.39 is 0 Å². The van der Waals surface area contributed by atoms with Gasteiger partial charge in [-0.05, 0) is 30.7 Å². The van der Waals surface area contributed by atoms with E-state index in [9.17, 15) is 0 Å². The number of rotatable bonds is 2. The molecule has 2 nitrogen and oxygen atoms in total. The van der Waals surface area contributed by atoms with Crippen molar-refractivity contribution in [2.45, 2.75) is 25.9 Å². The molecule has 2 rings (SSSR count). The van der Waals surface area contributed by atoms with Crippen LogP contribution in [0.2, 0.25) is 0 Å². The zero-order chi connectivity index (χ0) is 12.8. The first-order valence-corrected chi connectivity index (χ1v) is 6.73. The number of hydrogen-bond acceptors (Lipinski definition) is 2. The Morgan fingerprint density at radius 2 is 2.17 bits per heavy atom. The van der Waals surface area contributed by atoms with Crippen molar-refractivity contribution >= 4 is 11.6 Å². The molecule has 0 amide bonds. The van der Waals surface area contributed by atoms with Crippen LogP contribution < -0.4 is 4.74 Å². The molecule has 0 radical (unpaired) electrons. The number of alkyl halides is 1. The van der Waals surface area contributed by atoms with Gasteiger partial charge in [0.1, 0.15) is 11.9 Å². The largest absolute Gasteiger partial charge is 0.490 e. The summed E-state index contributed by atoms with van der Waals surface area (Å²) >= 11 is 5.54. The molecule has 1 fully saturated rings. The second-order valence-corrected chi connectivity index (χ2v) is 4.61. The molecular weight excluding hydrogens is 248 g/mol. The molecule has 18 heavy (non-hydrogen) atoms. The summed E-state index contributed by atoms with van der Waals surface area (Å²) in [6, 6.07) is 6.00. The van der Waals surface area contributed by atoms with Crippen LogP contribution in [0.1, 0.15) is 24.0 Å². The Hall–Kier alpha value is -1.17. The Kier molecular flexibility index (Phi) is 4.92. The van der Waals surface area contributed by atoms with E-state index in [0.717, 1.165) is 42.9 Å². The first-order valence-electron chi connectivity index (χ1n) is 6.19. The van der Waals surface area contributed by atoms with E-state index in [1.54, 1.807) is 0 Å². The number of hydrogen-bond donors (Lipinski definition) is 0. The van der Waals surface area contributed by atoms with Crippen molar-refractivity contribution in [3.8, 4) is 17.6 Å². The van der Waals surface area contributed by atoms with Crippen LogP contribution in [0.5, 0.6) is 5.75 Å². The molecule has 1 saturated heterocycles. The van der Waals surface area contributed by atoms with Gasteiger partial charge in [-0.2, -0.15) is 0 Å². The van der Waals surface area contributed by atoms with Crippen LogP contribution in [0.15, 0.2) is 18.2 Å². The molecule has 0 saturated carbocycles. The summed E-state index contributed by atoms with van der Waals surface area (Å²) in [5, 5.41) is 0. The van der Waals surface area contributed by atoms with E-state index in [-0.39, 0.29) is 6.10 Å². The molecule has 1 heterocycles. The molecule has 1 aliphatic heterocycles. The summed E-state index contributed by atoms with van der Waals surface area (Å²) in [4.78, 5) is 0. The van der Waals surface area contributed by atoms with Gasteiger partial charge in [-0.3, -0.25) is 0 Å². The Balaban J connectivity index is 2.04. The summed E-state index contributed by atoms with van der Waals surface area (Å²) < 4.78 is 11.3. The first kappa shape index (κ1) is 13.3. The van der Waals surface area contributed by atoms with Gasteiger partial charge in [0.25, 0.3) is 0 Å². The fourth-order valence-corrected chi connectivity index (χ4v) is 2.04. The van der Waals surface area contributed by atoms with Gasteiger partial charge < -0.3 is 9.47 Å². The lowest BCUT2D eigenvalue weighted by molar-refractivity contribution is 0.0253. The molecule has 0 aliphatic carbocycles. The fourth-order valence-electron chi connectivity index (χ4n) is 1.97. The van der Waals surface area contributed by atoms with Gasteiger partial charge >= 0.3 is 0 Å². The van der Waals surface area contributed by atoms with Crippen LogP contribution in [0, 0.1) is 18.8 Å². The lowest BCUT2D eigenvalue weighted by atomic mass is 10.1. The summed E-state index contributed by atoms with van der Waals surface area (Å²) in [7, 11) is 0. The van der Waals surface area contributed by atoms with Crippen molar-refractivity contribution in [2.24, 2.45) is 0 Å². The van der Waals surface area contributed by atoms with Gasteiger partial charge in [0.05, 0.1) is 19.1 Å². The van der Waals surface area contributed by atoms with Crippen molar-refractivity contribution in [3.05, 3.63) is 29.3 Å². The summed E-state index contributed by atoms with van der Waals surface area (Å²) in [6.07, 6.45) is 2.21. The monoisotopic (exact) mass is 264 g/mol. The molecule has 0 unspecified atom stereocenters. The Labute approximate surface area is 113 Å². The Morgan fingerprint density at radius 3 is 2.83 bits per heavy atom. The lowest BCUT2D eigenvalue weighted by Gasteiger charge is -2.24. The zero-order valence-electron chi connectivity index (χ0n) is 10.5. The zero-order valence-corrected chi connectivity index (χ0v) is 11.3. The molecule has 1 aromatic rings. The van der Waals surface area contributed by atoms with Crippen molar-refractivity contribution in [2.75, 3.05) is 19.1 Å². The standard InChI is InChI=1S/C15H17ClO2/c1-12-11-13(3-2-8-16)4-5-15(12)18-14-6-9-17-10-7-14/h4-5,11,14H,6-10H2,1H3. The van der Waals surface area contributed by atoms with Crippen molar-refractivity contribution < 1.29 is 9.47 Å². The second kappa shape index (κ2) is 6.68. The highest BCUT2D eigenvalue weighted by molar-refractivity contribution is 6.19. The lowest BCUT2D eigenvalue weighted by Crippen LogP contribution is -2.26. The molecular formula is C15H17ClO2. The van der Waals surface area contributed by atoms with Crippen LogP contribution in [0.3, 0.4) is 0 Å². The van der Waals surface area contributed by atoms with Gasteiger partial charge in [-0.1, -0.05) is 11.8 Å². The van der Waals surface area contributed by atoms with E-state index in [1.807, 2.05) is 25.1 Å². The van der Waals surface area contributed by atoms with Gasteiger partial charge in [0, 0.05) is 18.4 Å². The highest BCUT2D eigenvalue weighted by Crippen LogP contribution is 2.23. The molecule has 0 atom stereocenters. The Morgan fingerprint density at radius 1 is 1.39 bits per heavy atom. The van der Waals surface area contributed by atoms with Crippen LogP contribution in [-0.4, -0.2) is 25.2 Å². The van der Waals surface area contributed by atoms with E-state index >= 15 is 0 Å². The summed E-state index contributed by atoms with van der Waals surface area (Å²) in [5.41, 5.74) is 2.09. The fraction of sp³-hybridized carbons (Fsp3) is 0.467. The van der Waals surface area contributed by atoms with Crippen LogP contribution in [-0.2, 0) is 4.74 Å². The maximum atomic E-state index is 5.99. The molecule has 96 valence electrons. The highest BCUT2D eigenvalue weighted by Gasteiger charge is 2.15. The average molecular weight is 265 g/mol. The molecule has 0 spiro atoms. The van der Waals surface area contributed by atoms with Gasteiger partial charge in [0.15, 0.2) is 0 Å². The number of halogens is 1. The maximum Gasteiger partial charge on any atom is 0.122 e. The summed E-state index contributed by atoms with van der Waals surface area (Å²) in [5.74, 6) is 7.16. The number of ether oxygens (including phenoxy) is 2. The van der Waals surface area contributed by atoms with E-state index in [2.05, 4.69) is 11.8 Å². The van der Waals surface area contributed by atoms with E-state index in [1.165, 1.54) is 0 Å². The average Bonchev–Trinajstić information content (AvgIpc) is 2.40. The smallest absolute Gasteiger partial charge is 0.122 e. The third-order valence-electron chi connectivity index (χ3n) is 2.94. The minimum Gasteiger partial charge on any atom is -0.490 e.